The van der Waals surface area contributed by atoms with Gasteiger partial charge in [0.25, 0.3) is 5.56 Å². The number of nitrogens with zero attached hydrogens (tertiary/aromatic N) is 4. The second-order valence-corrected chi connectivity index (χ2v) is 7.77. The molecular weight excluding hydrogens is 381 g/mol. The highest BCUT2D eigenvalue weighted by Gasteiger charge is 2.25. The summed E-state index contributed by atoms with van der Waals surface area (Å²) in [6.45, 7) is 1.61. The summed E-state index contributed by atoms with van der Waals surface area (Å²) in [6.07, 6.45) is 7.29. The van der Waals surface area contributed by atoms with E-state index in [4.69, 9.17) is 4.98 Å². The summed E-state index contributed by atoms with van der Waals surface area (Å²) in [4.78, 5) is 26.7. The summed E-state index contributed by atoms with van der Waals surface area (Å²) in [5.41, 5.74) is 3.53. The standard InChI is InChI=1S/C23H22FN5O/c1-28-22(30)13-20(16-4-8-25-9-5-16)27-23(28)29-10-6-15(7-11-29)19-14-26-21-12-17(24)2-3-18(19)21/h2-5,8-9,12-15,26H,6-7,10-11H2,1H3. The molecule has 0 amide bonds. The predicted molar refractivity (Wildman–Crippen MR) is 115 cm³/mol. The number of H-pyrrole nitrogens is 1. The molecule has 30 heavy (non-hydrogen) atoms. The maximum atomic E-state index is 13.5. The first-order valence-electron chi connectivity index (χ1n) is 10.1. The number of aromatic nitrogens is 4. The third-order valence-corrected chi connectivity index (χ3v) is 5.98. The molecular formula is C23H22FN5O. The molecule has 4 aromatic rings. The Labute approximate surface area is 173 Å². The SMILES string of the molecule is Cn1c(N2CCC(c3c[nH]c4cc(F)ccc34)CC2)nc(-c2ccncc2)cc1=O. The highest BCUT2D eigenvalue weighted by molar-refractivity contribution is 5.83. The van der Waals surface area contributed by atoms with Crippen molar-refractivity contribution in [2.75, 3.05) is 18.0 Å². The maximum Gasteiger partial charge on any atom is 0.255 e. The van der Waals surface area contributed by atoms with Crippen molar-refractivity contribution >= 4 is 16.9 Å². The summed E-state index contributed by atoms with van der Waals surface area (Å²) in [7, 11) is 1.77. The zero-order chi connectivity index (χ0) is 20.7. The molecule has 1 saturated heterocycles. The van der Waals surface area contributed by atoms with Crippen LogP contribution in [0.15, 0.2) is 59.8 Å². The molecule has 7 heteroatoms. The molecule has 152 valence electrons. The average Bonchev–Trinajstić information content (AvgIpc) is 3.19. The molecule has 1 fully saturated rings. The van der Waals surface area contributed by atoms with Gasteiger partial charge >= 0.3 is 0 Å². The lowest BCUT2D eigenvalue weighted by Crippen LogP contribution is -2.37. The van der Waals surface area contributed by atoms with Crippen LogP contribution in [0.4, 0.5) is 10.3 Å². The first-order chi connectivity index (χ1) is 14.6. The minimum Gasteiger partial charge on any atom is -0.361 e. The molecule has 0 spiro atoms. The number of benzene rings is 1. The van der Waals surface area contributed by atoms with Crippen molar-refractivity contribution in [3.63, 3.8) is 0 Å². The highest BCUT2D eigenvalue weighted by Crippen LogP contribution is 2.34. The van der Waals surface area contributed by atoms with Crippen LogP contribution in [0.5, 0.6) is 0 Å². The zero-order valence-electron chi connectivity index (χ0n) is 16.7. The van der Waals surface area contributed by atoms with Gasteiger partial charge < -0.3 is 9.88 Å². The first kappa shape index (κ1) is 18.5. The number of anilines is 1. The van der Waals surface area contributed by atoms with Crippen molar-refractivity contribution in [2.45, 2.75) is 18.8 Å². The van der Waals surface area contributed by atoms with Gasteiger partial charge in [-0.25, -0.2) is 9.37 Å². The predicted octanol–water partition coefficient (Wildman–Crippen LogP) is 3.85. The van der Waals surface area contributed by atoms with Gasteiger partial charge in [-0.3, -0.25) is 14.3 Å². The number of pyridine rings is 1. The van der Waals surface area contributed by atoms with Gasteiger partial charge in [0.2, 0.25) is 5.95 Å². The van der Waals surface area contributed by atoms with Gasteiger partial charge in [0.05, 0.1) is 5.69 Å². The molecule has 0 aliphatic carbocycles. The van der Waals surface area contributed by atoms with Gasteiger partial charge in [-0.15, -0.1) is 0 Å². The number of nitrogens with one attached hydrogen (secondary N) is 1. The number of fused-ring (bicyclic) bond motifs is 1. The largest absolute Gasteiger partial charge is 0.361 e. The fraction of sp³-hybridized carbons (Fsp3) is 0.261. The molecule has 1 aliphatic rings. The number of rotatable bonds is 3. The van der Waals surface area contributed by atoms with E-state index in [1.807, 2.05) is 24.4 Å². The van der Waals surface area contributed by atoms with Crippen molar-refractivity contribution < 1.29 is 4.39 Å². The van der Waals surface area contributed by atoms with Crippen LogP contribution in [-0.4, -0.2) is 32.6 Å². The Morgan fingerprint density at radius 2 is 1.87 bits per heavy atom. The second kappa shape index (κ2) is 7.40. The van der Waals surface area contributed by atoms with E-state index in [9.17, 15) is 9.18 Å². The quantitative estimate of drug-likeness (QED) is 0.564. The van der Waals surface area contributed by atoms with Crippen LogP contribution < -0.4 is 10.5 Å². The molecule has 0 radical (unpaired) electrons. The van der Waals surface area contributed by atoms with Gasteiger partial charge in [-0.05, 0) is 54.7 Å². The van der Waals surface area contributed by atoms with E-state index in [1.54, 1.807) is 30.1 Å². The van der Waals surface area contributed by atoms with Crippen molar-refractivity contribution in [3.05, 3.63) is 76.7 Å². The van der Waals surface area contributed by atoms with E-state index in [0.717, 1.165) is 42.4 Å². The van der Waals surface area contributed by atoms with Crippen molar-refractivity contribution in [2.24, 2.45) is 7.05 Å². The van der Waals surface area contributed by atoms with Crippen LogP contribution in [0.1, 0.15) is 24.3 Å². The van der Waals surface area contributed by atoms with Gasteiger partial charge in [0, 0.05) is 61.3 Å². The summed E-state index contributed by atoms with van der Waals surface area (Å²) in [6, 6.07) is 10.2. The van der Waals surface area contributed by atoms with E-state index in [-0.39, 0.29) is 11.4 Å². The van der Waals surface area contributed by atoms with Crippen LogP contribution in [0, 0.1) is 5.82 Å². The molecule has 5 rings (SSSR count). The number of piperidine rings is 1. The van der Waals surface area contributed by atoms with Crippen LogP contribution >= 0.6 is 0 Å². The van der Waals surface area contributed by atoms with E-state index in [2.05, 4.69) is 14.9 Å². The van der Waals surface area contributed by atoms with E-state index < -0.39 is 0 Å². The molecule has 0 saturated carbocycles. The molecule has 1 N–H and O–H groups in total. The third kappa shape index (κ3) is 3.26. The Morgan fingerprint density at radius 1 is 1.10 bits per heavy atom. The fourth-order valence-corrected chi connectivity index (χ4v) is 4.33. The minimum absolute atomic E-state index is 0.0763. The Morgan fingerprint density at radius 3 is 2.63 bits per heavy atom. The van der Waals surface area contributed by atoms with Crippen molar-refractivity contribution in [3.8, 4) is 11.3 Å². The monoisotopic (exact) mass is 403 g/mol. The van der Waals surface area contributed by atoms with Gasteiger partial charge in [-0.1, -0.05) is 0 Å². The number of hydrogen-bond acceptors (Lipinski definition) is 4. The lowest BCUT2D eigenvalue weighted by Gasteiger charge is -2.33. The number of halogens is 1. The van der Waals surface area contributed by atoms with Gasteiger partial charge in [0.15, 0.2) is 0 Å². The molecule has 0 atom stereocenters. The van der Waals surface area contributed by atoms with Crippen LogP contribution in [0.3, 0.4) is 0 Å². The van der Waals surface area contributed by atoms with Gasteiger partial charge in [0.1, 0.15) is 5.82 Å². The number of hydrogen-bond donors (Lipinski definition) is 1. The van der Waals surface area contributed by atoms with E-state index in [0.29, 0.717) is 17.6 Å². The molecule has 0 unspecified atom stereocenters. The van der Waals surface area contributed by atoms with Crippen LogP contribution in [-0.2, 0) is 7.05 Å². The summed E-state index contributed by atoms with van der Waals surface area (Å²) >= 11 is 0. The van der Waals surface area contributed by atoms with Crippen LogP contribution in [0.25, 0.3) is 22.2 Å². The Bertz CT molecular complexity index is 1260. The number of aromatic amines is 1. The summed E-state index contributed by atoms with van der Waals surface area (Å²) < 4.78 is 15.1. The maximum absolute atomic E-state index is 13.5. The molecule has 1 aliphatic heterocycles. The highest BCUT2D eigenvalue weighted by atomic mass is 19.1. The summed E-state index contributed by atoms with van der Waals surface area (Å²) in [5, 5.41) is 1.08. The Hall–Kier alpha value is -3.48. The van der Waals surface area contributed by atoms with Gasteiger partial charge in [-0.2, -0.15) is 0 Å². The Balaban J connectivity index is 1.40. The molecule has 0 bridgehead atoms. The summed E-state index contributed by atoms with van der Waals surface area (Å²) in [5.74, 6) is 0.849. The third-order valence-electron chi connectivity index (χ3n) is 5.98. The van der Waals surface area contributed by atoms with Crippen molar-refractivity contribution in [1.82, 2.24) is 19.5 Å². The first-order valence-corrected chi connectivity index (χ1v) is 10.1. The molecule has 1 aromatic carbocycles. The lowest BCUT2D eigenvalue weighted by atomic mass is 9.89. The fourth-order valence-electron chi connectivity index (χ4n) is 4.33. The average molecular weight is 403 g/mol. The second-order valence-electron chi connectivity index (χ2n) is 7.77. The molecule has 3 aromatic heterocycles. The van der Waals surface area contributed by atoms with E-state index in [1.165, 1.54) is 17.7 Å². The topological polar surface area (TPSA) is 66.8 Å². The van der Waals surface area contributed by atoms with Crippen LogP contribution in [0.2, 0.25) is 0 Å². The Kier molecular flexibility index (Phi) is 4.58. The smallest absolute Gasteiger partial charge is 0.255 e. The van der Waals surface area contributed by atoms with Crippen molar-refractivity contribution in [1.29, 1.82) is 0 Å². The molecule has 4 heterocycles. The molecule has 6 nitrogen and oxygen atoms in total. The minimum atomic E-state index is -0.230. The van der Waals surface area contributed by atoms with E-state index >= 15 is 0 Å². The zero-order valence-corrected chi connectivity index (χ0v) is 16.7. The lowest BCUT2D eigenvalue weighted by molar-refractivity contribution is 0.495. The normalized spacial score (nSPS) is 15.1.